The van der Waals surface area contributed by atoms with Gasteiger partial charge in [-0.2, -0.15) is 15.2 Å². The van der Waals surface area contributed by atoms with Crippen molar-refractivity contribution in [3.63, 3.8) is 0 Å². The van der Waals surface area contributed by atoms with Crippen molar-refractivity contribution in [2.45, 2.75) is 43.4 Å². The van der Waals surface area contributed by atoms with Crippen molar-refractivity contribution in [1.29, 1.82) is 5.26 Å². The summed E-state index contributed by atoms with van der Waals surface area (Å²) in [5.74, 6) is -2.82. The van der Waals surface area contributed by atoms with Crippen LogP contribution in [-0.4, -0.2) is 82.8 Å². The summed E-state index contributed by atoms with van der Waals surface area (Å²) in [5, 5.41) is 11.5. The number of hydrogen-bond acceptors (Lipinski definition) is 8. The van der Waals surface area contributed by atoms with Gasteiger partial charge in [0, 0.05) is 59.0 Å². The van der Waals surface area contributed by atoms with Gasteiger partial charge in [-0.25, -0.2) is 17.6 Å². The van der Waals surface area contributed by atoms with Gasteiger partial charge in [0.05, 0.1) is 24.1 Å². The summed E-state index contributed by atoms with van der Waals surface area (Å²) in [6, 6.07) is 9.67. The van der Waals surface area contributed by atoms with Gasteiger partial charge >= 0.3 is 6.01 Å². The number of nitriles is 1. The third-order valence-corrected chi connectivity index (χ3v) is 10.4. The Morgan fingerprint density at radius 2 is 2.00 bits per heavy atom. The first kappa shape index (κ1) is 30.4. The number of anilines is 1. The number of aromatic nitrogens is 2. The summed E-state index contributed by atoms with van der Waals surface area (Å²) in [4.78, 5) is 26.9. The van der Waals surface area contributed by atoms with Gasteiger partial charge in [-0.05, 0) is 37.1 Å². The van der Waals surface area contributed by atoms with E-state index in [1.54, 1.807) is 35.2 Å². The summed E-state index contributed by atoms with van der Waals surface area (Å²) in [6.45, 7) is 4.74. The standard InChI is InChI=1S/C33H30F4N6O2S/c1-19(34)31(44)43-13-12-41(16-21(43)8-10-38)30-24-7-6-23(22-4-2-5-26-27(22)25(36)17-46-26)28(37)29(24)39-32(40-30)45-18-33-9-3-11-42(33)15-20(35)14-33/h2,4-7,17,20-21H,1,3,8-9,11-16,18H2/t20-,21+,33+/m1/s1. The van der Waals surface area contributed by atoms with Crippen LogP contribution in [0.15, 0.2) is 48.1 Å². The third-order valence-electron chi connectivity index (χ3n) is 9.44. The summed E-state index contributed by atoms with van der Waals surface area (Å²) in [7, 11) is 0. The largest absolute Gasteiger partial charge is 0.461 e. The van der Waals surface area contributed by atoms with E-state index in [-0.39, 0.29) is 49.8 Å². The van der Waals surface area contributed by atoms with Gasteiger partial charge in [0.25, 0.3) is 5.91 Å². The van der Waals surface area contributed by atoms with Crippen LogP contribution >= 0.6 is 11.3 Å². The predicted octanol–water partition coefficient (Wildman–Crippen LogP) is 6.16. The molecule has 7 rings (SSSR count). The topological polar surface area (TPSA) is 85.6 Å². The highest BCUT2D eigenvalue weighted by molar-refractivity contribution is 7.17. The van der Waals surface area contributed by atoms with Gasteiger partial charge in [-0.1, -0.05) is 24.8 Å². The molecule has 0 radical (unpaired) electrons. The summed E-state index contributed by atoms with van der Waals surface area (Å²) in [5.41, 5.74) is -0.00955. The van der Waals surface area contributed by atoms with Crippen molar-refractivity contribution in [3.8, 4) is 23.2 Å². The van der Waals surface area contributed by atoms with Crippen LogP contribution < -0.4 is 9.64 Å². The minimum Gasteiger partial charge on any atom is -0.461 e. The maximum Gasteiger partial charge on any atom is 0.319 e. The van der Waals surface area contributed by atoms with Gasteiger partial charge < -0.3 is 14.5 Å². The Labute approximate surface area is 266 Å². The molecule has 2 aromatic carbocycles. The van der Waals surface area contributed by atoms with Crippen molar-refractivity contribution in [2.24, 2.45) is 0 Å². The fourth-order valence-corrected chi connectivity index (χ4v) is 8.14. The number of hydrogen-bond donors (Lipinski definition) is 0. The lowest BCUT2D eigenvalue weighted by molar-refractivity contribution is -0.131. The molecule has 4 aromatic rings. The van der Waals surface area contributed by atoms with Crippen LogP contribution in [0.5, 0.6) is 6.01 Å². The smallest absolute Gasteiger partial charge is 0.319 e. The lowest BCUT2D eigenvalue weighted by atomic mass is 9.95. The van der Waals surface area contributed by atoms with E-state index in [9.17, 15) is 23.2 Å². The Hall–Kier alpha value is -4.28. The molecule has 3 atom stereocenters. The van der Waals surface area contributed by atoms with E-state index in [4.69, 9.17) is 9.72 Å². The monoisotopic (exact) mass is 650 g/mol. The number of fused-ring (bicyclic) bond motifs is 3. The molecule has 0 N–H and O–H groups in total. The van der Waals surface area contributed by atoms with E-state index in [1.165, 1.54) is 21.6 Å². The van der Waals surface area contributed by atoms with Gasteiger partial charge in [-0.3, -0.25) is 9.69 Å². The van der Waals surface area contributed by atoms with E-state index >= 15 is 4.39 Å². The molecule has 5 heterocycles. The van der Waals surface area contributed by atoms with E-state index in [0.29, 0.717) is 39.8 Å². The van der Waals surface area contributed by atoms with E-state index < -0.39 is 41.1 Å². The van der Waals surface area contributed by atoms with Gasteiger partial charge in [0.1, 0.15) is 29.9 Å². The first-order valence-electron chi connectivity index (χ1n) is 15.1. The molecule has 8 nitrogen and oxygen atoms in total. The fourth-order valence-electron chi connectivity index (χ4n) is 7.31. The van der Waals surface area contributed by atoms with Crippen LogP contribution in [0.25, 0.3) is 32.1 Å². The molecule has 0 aliphatic carbocycles. The SMILES string of the molecule is C=C(F)C(=O)N1CCN(c2nc(OC[C@@]34CCCN3C[C@H](F)C4)nc3c(F)c(-c4cccc5scc(F)c45)ccc23)C[C@@H]1CC#N. The average Bonchev–Trinajstić information content (AvgIpc) is 3.71. The quantitative estimate of drug-likeness (QED) is 0.175. The lowest BCUT2D eigenvalue weighted by Gasteiger charge is -2.41. The summed E-state index contributed by atoms with van der Waals surface area (Å²) >= 11 is 1.23. The third kappa shape index (κ3) is 5.13. The number of carbonyl (C=O) groups is 1. The Bertz CT molecular complexity index is 1910. The number of nitrogens with zero attached hydrogens (tertiary/aromatic N) is 6. The average molecular weight is 651 g/mol. The van der Waals surface area contributed by atoms with Gasteiger partial charge in [0.2, 0.25) is 0 Å². The Balaban J connectivity index is 1.32. The maximum atomic E-state index is 16.6. The van der Waals surface area contributed by atoms with Crippen LogP contribution in [-0.2, 0) is 4.79 Å². The number of rotatable bonds is 7. The Morgan fingerprint density at radius 1 is 1.15 bits per heavy atom. The fraction of sp³-hybridized carbons (Fsp3) is 0.394. The van der Waals surface area contributed by atoms with Crippen LogP contribution in [0.1, 0.15) is 25.7 Å². The van der Waals surface area contributed by atoms with Crippen LogP contribution in [0.4, 0.5) is 23.4 Å². The minimum atomic E-state index is -1.12. The molecular weight excluding hydrogens is 620 g/mol. The number of alkyl halides is 1. The first-order valence-corrected chi connectivity index (χ1v) is 16.0. The van der Waals surface area contributed by atoms with Crippen molar-refractivity contribution in [1.82, 2.24) is 19.8 Å². The molecule has 3 aliphatic rings. The lowest BCUT2D eigenvalue weighted by Crippen LogP contribution is -2.55. The van der Waals surface area contributed by atoms with E-state index in [2.05, 4.69) is 22.5 Å². The van der Waals surface area contributed by atoms with Crippen molar-refractivity contribution in [2.75, 3.05) is 44.2 Å². The molecule has 13 heteroatoms. The van der Waals surface area contributed by atoms with Crippen molar-refractivity contribution < 1.29 is 27.1 Å². The molecule has 3 fully saturated rings. The molecule has 238 valence electrons. The van der Waals surface area contributed by atoms with Crippen LogP contribution in [0, 0.1) is 23.0 Å². The zero-order valence-electron chi connectivity index (χ0n) is 24.8. The van der Waals surface area contributed by atoms with Gasteiger partial charge in [-0.15, -0.1) is 11.3 Å². The molecular formula is C33H30F4N6O2S. The predicted molar refractivity (Wildman–Crippen MR) is 167 cm³/mol. The molecule has 0 saturated carbocycles. The molecule has 3 aliphatic heterocycles. The van der Waals surface area contributed by atoms with Gasteiger partial charge in [0.15, 0.2) is 11.6 Å². The normalized spacial score (nSPS) is 23.2. The molecule has 0 unspecified atom stereocenters. The highest BCUT2D eigenvalue weighted by atomic mass is 32.1. The minimum absolute atomic E-state index is 0.0480. The number of benzene rings is 2. The second-order valence-electron chi connectivity index (χ2n) is 12.1. The molecule has 3 saturated heterocycles. The second kappa shape index (κ2) is 11.8. The Kier molecular flexibility index (Phi) is 7.81. The van der Waals surface area contributed by atoms with Crippen molar-refractivity contribution >= 4 is 44.1 Å². The van der Waals surface area contributed by atoms with E-state index in [0.717, 1.165) is 19.4 Å². The Morgan fingerprint density at radius 3 is 2.80 bits per heavy atom. The number of halogens is 4. The van der Waals surface area contributed by atoms with Crippen LogP contribution in [0.3, 0.4) is 0 Å². The number of thiophene rings is 1. The van der Waals surface area contributed by atoms with Crippen molar-refractivity contribution in [3.05, 3.63) is 59.8 Å². The highest BCUT2D eigenvalue weighted by Crippen LogP contribution is 2.42. The summed E-state index contributed by atoms with van der Waals surface area (Å²) < 4.78 is 66.6. The number of carbonyl (C=O) groups excluding carboxylic acids is 1. The molecule has 0 spiro atoms. The number of piperazine rings is 1. The van der Waals surface area contributed by atoms with Crippen LogP contribution in [0.2, 0.25) is 0 Å². The zero-order chi connectivity index (χ0) is 32.2. The number of ether oxygens (including phenoxy) is 1. The molecule has 46 heavy (non-hydrogen) atoms. The maximum absolute atomic E-state index is 16.6. The first-order chi connectivity index (χ1) is 22.2. The summed E-state index contributed by atoms with van der Waals surface area (Å²) in [6.07, 6.45) is 0.965. The number of amides is 1. The highest BCUT2D eigenvalue weighted by Gasteiger charge is 2.49. The molecule has 2 aromatic heterocycles. The van der Waals surface area contributed by atoms with E-state index in [1.807, 2.05) is 0 Å². The zero-order valence-corrected chi connectivity index (χ0v) is 25.6. The molecule has 0 bridgehead atoms. The second-order valence-corrected chi connectivity index (χ2v) is 13.1. The molecule has 1 amide bonds.